The van der Waals surface area contributed by atoms with E-state index in [1.807, 2.05) is 6.92 Å². The summed E-state index contributed by atoms with van der Waals surface area (Å²) in [5.41, 5.74) is 10.5. The largest absolute Gasteiger partial charge is 0.353 e. The van der Waals surface area contributed by atoms with Crippen LogP contribution >= 0.6 is 0 Å². The van der Waals surface area contributed by atoms with E-state index in [2.05, 4.69) is 5.32 Å². The van der Waals surface area contributed by atoms with E-state index in [1.54, 1.807) is 0 Å². The van der Waals surface area contributed by atoms with Crippen LogP contribution in [0.4, 0.5) is 0 Å². The molecule has 4 nitrogen and oxygen atoms in total. The molecule has 0 aromatic heterocycles. The minimum absolute atomic E-state index is 0.0765. The van der Waals surface area contributed by atoms with Gasteiger partial charge >= 0.3 is 0 Å². The topological polar surface area (TPSA) is 81.1 Å². The molecule has 0 rings (SSSR count). The Hall–Kier alpha value is -0.610. The quantitative estimate of drug-likeness (QED) is 0.489. The summed E-state index contributed by atoms with van der Waals surface area (Å²) in [6, 6.07) is 0.230. The van der Waals surface area contributed by atoms with Gasteiger partial charge in [0.15, 0.2) is 0 Å². The lowest BCUT2D eigenvalue weighted by Gasteiger charge is -2.12. The second-order valence-corrected chi connectivity index (χ2v) is 3.31. The molecule has 0 aliphatic rings. The molecule has 0 radical (unpaired) electrons. The lowest BCUT2D eigenvalue weighted by molar-refractivity contribution is -0.120. The smallest absolute Gasteiger partial charge is 0.233 e. The first-order valence-corrected chi connectivity index (χ1v) is 4.90. The van der Waals surface area contributed by atoms with Gasteiger partial charge in [-0.2, -0.15) is 0 Å². The van der Waals surface area contributed by atoms with Crippen LogP contribution in [-0.2, 0) is 4.79 Å². The van der Waals surface area contributed by atoms with Gasteiger partial charge in [-0.05, 0) is 26.3 Å². The molecule has 1 unspecified atom stereocenters. The van der Waals surface area contributed by atoms with Crippen molar-refractivity contribution in [3.8, 4) is 0 Å². The summed E-state index contributed by atoms with van der Waals surface area (Å²) < 4.78 is 0. The maximum Gasteiger partial charge on any atom is 0.233 e. The molecule has 0 aromatic rings. The molecule has 0 bridgehead atoms. The zero-order chi connectivity index (χ0) is 10.1. The van der Waals surface area contributed by atoms with Crippen molar-refractivity contribution in [3.63, 3.8) is 0 Å². The number of hydrogen-bond acceptors (Lipinski definition) is 3. The van der Waals surface area contributed by atoms with Gasteiger partial charge in [0.2, 0.25) is 5.91 Å². The molecule has 0 saturated carbocycles. The fourth-order valence-electron chi connectivity index (χ4n) is 1.18. The fourth-order valence-corrected chi connectivity index (χ4v) is 1.18. The number of hydrogen-bond donors (Lipinski definition) is 3. The van der Waals surface area contributed by atoms with E-state index in [9.17, 15) is 4.79 Å². The second kappa shape index (κ2) is 8.01. The van der Waals surface area contributed by atoms with E-state index >= 15 is 0 Å². The summed E-state index contributed by atoms with van der Waals surface area (Å²) in [5.74, 6) is -0.0775. The highest BCUT2D eigenvalue weighted by Crippen LogP contribution is 2.02. The van der Waals surface area contributed by atoms with Crippen molar-refractivity contribution in [2.45, 2.75) is 38.6 Å². The monoisotopic (exact) mass is 187 g/mol. The van der Waals surface area contributed by atoms with Crippen molar-refractivity contribution in [2.75, 3.05) is 13.1 Å². The predicted octanol–water partition coefficient (Wildman–Crippen LogP) is -0.0311. The molecule has 0 aliphatic heterocycles. The maximum absolute atomic E-state index is 10.9. The number of amides is 1. The van der Waals surface area contributed by atoms with Gasteiger partial charge in [0.25, 0.3) is 0 Å². The predicted molar refractivity (Wildman–Crippen MR) is 54.2 cm³/mol. The van der Waals surface area contributed by atoms with Crippen molar-refractivity contribution in [2.24, 2.45) is 11.5 Å². The lowest BCUT2D eigenvalue weighted by atomic mass is 10.1. The SMILES string of the molecule is CC(CCCCCN)NC(=O)CN. The summed E-state index contributed by atoms with van der Waals surface area (Å²) in [7, 11) is 0. The Morgan fingerprint density at radius 3 is 2.54 bits per heavy atom. The van der Waals surface area contributed by atoms with Gasteiger partial charge < -0.3 is 16.8 Å². The molecule has 0 heterocycles. The van der Waals surface area contributed by atoms with Crippen LogP contribution in [0.2, 0.25) is 0 Å². The molecule has 0 aromatic carbocycles. The van der Waals surface area contributed by atoms with Gasteiger partial charge in [0, 0.05) is 6.04 Å². The zero-order valence-electron chi connectivity index (χ0n) is 8.38. The summed E-state index contributed by atoms with van der Waals surface area (Å²) in [6.45, 7) is 2.83. The average Bonchev–Trinajstić information content (AvgIpc) is 2.12. The molecule has 5 N–H and O–H groups in total. The molecule has 1 atom stereocenters. The summed E-state index contributed by atoms with van der Waals surface area (Å²) in [6.07, 6.45) is 4.33. The Labute approximate surface area is 80.0 Å². The van der Waals surface area contributed by atoms with Crippen molar-refractivity contribution in [3.05, 3.63) is 0 Å². The summed E-state index contributed by atoms with van der Waals surface area (Å²) >= 11 is 0. The Balaban J connectivity index is 3.29. The summed E-state index contributed by atoms with van der Waals surface area (Å²) in [4.78, 5) is 10.9. The number of rotatable bonds is 7. The maximum atomic E-state index is 10.9. The molecule has 0 fully saturated rings. The standard InChI is InChI=1S/C9H21N3O/c1-8(12-9(13)7-11)5-3-2-4-6-10/h8H,2-7,10-11H2,1H3,(H,12,13). The van der Waals surface area contributed by atoms with Crippen LogP contribution in [0.1, 0.15) is 32.6 Å². The van der Waals surface area contributed by atoms with E-state index in [0.717, 1.165) is 32.2 Å². The van der Waals surface area contributed by atoms with Crippen LogP contribution in [-0.4, -0.2) is 25.0 Å². The molecule has 78 valence electrons. The normalized spacial score (nSPS) is 12.5. The molecule has 4 heteroatoms. The molecule has 0 aliphatic carbocycles. The number of nitrogens with one attached hydrogen (secondary N) is 1. The minimum atomic E-state index is -0.0775. The third-order valence-corrected chi connectivity index (χ3v) is 1.93. The first kappa shape index (κ1) is 12.4. The van der Waals surface area contributed by atoms with Crippen LogP contribution in [0.25, 0.3) is 0 Å². The first-order valence-electron chi connectivity index (χ1n) is 4.90. The van der Waals surface area contributed by atoms with Crippen LogP contribution in [0.3, 0.4) is 0 Å². The van der Waals surface area contributed by atoms with Crippen molar-refractivity contribution in [1.82, 2.24) is 5.32 Å². The number of carbonyl (C=O) groups is 1. The Morgan fingerprint density at radius 2 is 2.00 bits per heavy atom. The first-order chi connectivity index (χ1) is 6.20. The number of unbranched alkanes of at least 4 members (excludes halogenated alkanes) is 2. The highest BCUT2D eigenvalue weighted by Gasteiger charge is 2.04. The third kappa shape index (κ3) is 7.74. The number of nitrogens with two attached hydrogens (primary N) is 2. The zero-order valence-corrected chi connectivity index (χ0v) is 8.38. The van der Waals surface area contributed by atoms with Crippen LogP contribution < -0.4 is 16.8 Å². The molecule has 1 amide bonds. The average molecular weight is 187 g/mol. The second-order valence-electron chi connectivity index (χ2n) is 3.31. The molecule has 13 heavy (non-hydrogen) atoms. The van der Waals surface area contributed by atoms with E-state index in [-0.39, 0.29) is 18.5 Å². The van der Waals surface area contributed by atoms with Gasteiger partial charge in [0.1, 0.15) is 0 Å². The summed E-state index contributed by atoms with van der Waals surface area (Å²) in [5, 5.41) is 2.81. The highest BCUT2D eigenvalue weighted by atomic mass is 16.1. The van der Waals surface area contributed by atoms with E-state index in [4.69, 9.17) is 11.5 Å². The molecule has 0 saturated heterocycles. The lowest BCUT2D eigenvalue weighted by Crippen LogP contribution is -2.36. The van der Waals surface area contributed by atoms with Crippen LogP contribution in [0.15, 0.2) is 0 Å². The Bertz CT molecular complexity index is 139. The molecular weight excluding hydrogens is 166 g/mol. The third-order valence-electron chi connectivity index (χ3n) is 1.93. The van der Waals surface area contributed by atoms with Gasteiger partial charge in [-0.15, -0.1) is 0 Å². The highest BCUT2D eigenvalue weighted by molar-refractivity contribution is 5.77. The van der Waals surface area contributed by atoms with Gasteiger partial charge in [-0.1, -0.05) is 12.8 Å². The van der Waals surface area contributed by atoms with Gasteiger partial charge in [-0.25, -0.2) is 0 Å². The number of carbonyl (C=O) groups excluding carboxylic acids is 1. The Morgan fingerprint density at radius 1 is 1.31 bits per heavy atom. The Kier molecular flexibility index (Phi) is 7.63. The van der Waals surface area contributed by atoms with Gasteiger partial charge in [0.05, 0.1) is 6.54 Å². The van der Waals surface area contributed by atoms with E-state index in [0.29, 0.717) is 0 Å². The van der Waals surface area contributed by atoms with E-state index < -0.39 is 0 Å². The van der Waals surface area contributed by atoms with Gasteiger partial charge in [-0.3, -0.25) is 4.79 Å². The van der Waals surface area contributed by atoms with Crippen LogP contribution in [0.5, 0.6) is 0 Å². The van der Waals surface area contributed by atoms with Crippen molar-refractivity contribution >= 4 is 5.91 Å². The minimum Gasteiger partial charge on any atom is -0.353 e. The molecular formula is C9H21N3O. The van der Waals surface area contributed by atoms with Crippen LogP contribution in [0, 0.1) is 0 Å². The fraction of sp³-hybridized carbons (Fsp3) is 0.889. The van der Waals surface area contributed by atoms with Crippen molar-refractivity contribution < 1.29 is 4.79 Å². The molecule has 0 spiro atoms. The van der Waals surface area contributed by atoms with Crippen molar-refractivity contribution in [1.29, 1.82) is 0 Å². The van der Waals surface area contributed by atoms with E-state index in [1.165, 1.54) is 0 Å².